The SMILES string of the molecule is c1ccc(-c2cc(-c3ccccc3)cc(-c3ccc(-n4c5ccccc5c5c6ccccc6c6c7ccccc7oc6c54)cc3)c2)cc1. The minimum absolute atomic E-state index is 0.907. The van der Waals surface area contributed by atoms with Crippen molar-refractivity contribution in [2.45, 2.75) is 0 Å². The molecule has 0 aliphatic carbocycles. The average molecular weight is 612 g/mol. The van der Waals surface area contributed by atoms with Gasteiger partial charge in [0.25, 0.3) is 0 Å². The Morgan fingerprint density at radius 1 is 0.354 bits per heavy atom. The molecular weight excluding hydrogens is 583 g/mol. The second-order valence-electron chi connectivity index (χ2n) is 12.5. The monoisotopic (exact) mass is 611 g/mol. The third kappa shape index (κ3) is 4.06. The summed E-state index contributed by atoms with van der Waals surface area (Å²) in [5, 5.41) is 7.21. The summed E-state index contributed by atoms with van der Waals surface area (Å²) in [7, 11) is 0. The van der Waals surface area contributed by atoms with Gasteiger partial charge in [0, 0.05) is 27.2 Å². The fraction of sp³-hybridized carbons (Fsp3) is 0. The van der Waals surface area contributed by atoms with Crippen molar-refractivity contribution in [3.05, 3.63) is 176 Å². The number of para-hydroxylation sites is 2. The van der Waals surface area contributed by atoms with Gasteiger partial charge in [-0.05, 0) is 86.6 Å². The summed E-state index contributed by atoms with van der Waals surface area (Å²) in [5.74, 6) is 0. The number of nitrogens with zero attached hydrogens (tertiary/aromatic N) is 1. The van der Waals surface area contributed by atoms with Gasteiger partial charge < -0.3 is 8.98 Å². The van der Waals surface area contributed by atoms with E-state index in [0.717, 1.165) is 33.3 Å². The second-order valence-corrected chi connectivity index (χ2v) is 12.5. The van der Waals surface area contributed by atoms with E-state index in [2.05, 4.69) is 174 Å². The number of aromatic nitrogens is 1. The average Bonchev–Trinajstić information content (AvgIpc) is 3.73. The van der Waals surface area contributed by atoms with Crippen LogP contribution < -0.4 is 0 Å². The Balaban J connectivity index is 1.21. The summed E-state index contributed by atoms with van der Waals surface area (Å²) >= 11 is 0. The summed E-state index contributed by atoms with van der Waals surface area (Å²) < 4.78 is 9.14. The van der Waals surface area contributed by atoms with Gasteiger partial charge in [0.15, 0.2) is 5.58 Å². The Kier molecular flexibility index (Phi) is 5.91. The lowest BCUT2D eigenvalue weighted by atomic mass is 9.93. The van der Waals surface area contributed by atoms with E-state index < -0.39 is 0 Å². The fourth-order valence-corrected chi connectivity index (χ4v) is 7.59. The maximum atomic E-state index is 6.75. The maximum Gasteiger partial charge on any atom is 0.160 e. The molecule has 48 heavy (non-hydrogen) atoms. The highest BCUT2D eigenvalue weighted by Crippen LogP contribution is 2.45. The number of hydrogen-bond acceptors (Lipinski definition) is 1. The number of furan rings is 1. The van der Waals surface area contributed by atoms with Crippen molar-refractivity contribution in [2.75, 3.05) is 0 Å². The molecule has 0 fully saturated rings. The topological polar surface area (TPSA) is 18.1 Å². The Morgan fingerprint density at radius 3 is 1.46 bits per heavy atom. The van der Waals surface area contributed by atoms with Crippen molar-refractivity contribution in [3.8, 4) is 39.1 Å². The molecule has 0 N–H and O–H groups in total. The Morgan fingerprint density at radius 2 is 0.833 bits per heavy atom. The van der Waals surface area contributed by atoms with Crippen molar-refractivity contribution >= 4 is 54.5 Å². The van der Waals surface area contributed by atoms with E-state index >= 15 is 0 Å². The van der Waals surface area contributed by atoms with Crippen LogP contribution in [0.25, 0.3) is 93.6 Å². The predicted molar refractivity (Wildman–Crippen MR) is 202 cm³/mol. The van der Waals surface area contributed by atoms with Gasteiger partial charge in [-0.2, -0.15) is 0 Å². The van der Waals surface area contributed by atoms with Crippen LogP contribution in [-0.2, 0) is 0 Å². The van der Waals surface area contributed by atoms with Crippen molar-refractivity contribution in [3.63, 3.8) is 0 Å². The molecule has 0 atom stereocenters. The first-order chi connectivity index (χ1) is 23.8. The van der Waals surface area contributed by atoms with Crippen molar-refractivity contribution in [1.82, 2.24) is 4.57 Å². The molecule has 8 aromatic carbocycles. The van der Waals surface area contributed by atoms with Crippen LogP contribution in [0.15, 0.2) is 180 Å². The van der Waals surface area contributed by atoms with Crippen LogP contribution in [0, 0.1) is 0 Å². The molecule has 10 aromatic rings. The van der Waals surface area contributed by atoms with Gasteiger partial charge in [-0.25, -0.2) is 0 Å². The number of hydrogen-bond donors (Lipinski definition) is 0. The molecule has 0 radical (unpaired) electrons. The minimum atomic E-state index is 0.907. The number of benzene rings is 8. The molecule has 0 spiro atoms. The molecule has 2 heterocycles. The van der Waals surface area contributed by atoms with E-state index in [1.807, 2.05) is 6.07 Å². The smallest absolute Gasteiger partial charge is 0.160 e. The van der Waals surface area contributed by atoms with E-state index in [9.17, 15) is 0 Å². The zero-order valence-corrected chi connectivity index (χ0v) is 26.1. The normalized spacial score (nSPS) is 11.8. The zero-order chi connectivity index (χ0) is 31.6. The molecule has 0 aliphatic rings. The van der Waals surface area contributed by atoms with Gasteiger partial charge >= 0.3 is 0 Å². The van der Waals surface area contributed by atoms with Crippen LogP contribution in [0.2, 0.25) is 0 Å². The van der Waals surface area contributed by atoms with E-state index in [4.69, 9.17) is 4.42 Å². The largest absolute Gasteiger partial charge is 0.454 e. The zero-order valence-electron chi connectivity index (χ0n) is 26.1. The first-order valence-electron chi connectivity index (χ1n) is 16.4. The lowest BCUT2D eigenvalue weighted by Crippen LogP contribution is -1.94. The minimum Gasteiger partial charge on any atom is -0.454 e. The van der Waals surface area contributed by atoms with E-state index in [0.29, 0.717) is 0 Å². The van der Waals surface area contributed by atoms with Crippen LogP contribution in [0.1, 0.15) is 0 Å². The molecule has 0 unspecified atom stereocenters. The lowest BCUT2D eigenvalue weighted by molar-refractivity contribution is 0.671. The van der Waals surface area contributed by atoms with Crippen molar-refractivity contribution < 1.29 is 4.42 Å². The molecule has 0 saturated carbocycles. The highest BCUT2D eigenvalue weighted by Gasteiger charge is 2.22. The molecule has 2 nitrogen and oxygen atoms in total. The molecule has 224 valence electrons. The van der Waals surface area contributed by atoms with Gasteiger partial charge in [-0.1, -0.05) is 133 Å². The van der Waals surface area contributed by atoms with Gasteiger partial charge in [0.05, 0.1) is 11.0 Å². The van der Waals surface area contributed by atoms with Gasteiger partial charge in [-0.3, -0.25) is 0 Å². The molecule has 2 aromatic heterocycles. The molecule has 0 amide bonds. The Bertz CT molecular complexity index is 2750. The van der Waals surface area contributed by atoms with E-state index in [-0.39, 0.29) is 0 Å². The summed E-state index contributed by atoms with van der Waals surface area (Å²) in [4.78, 5) is 0. The Hall–Kier alpha value is -6.38. The third-order valence-corrected chi connectivity index (χ3v) is 9.76. The van der Waals surface area contributed by atoms with Crippen LogP contribution >= 0.6 is 0 Å². The number of rotatable bonds is 4. The lowest BCUT2D eigenvalue weighted by Gasteiger charge is -2.13. The Labute approximate surface area is 277 Å². The van der Waals surface area contributed by atoms with Crippen molar-refractivity contribution in [1.29, 1.82) is 0 Å². The first-order valence-corrected chi connectivity index (χ1v) is 16.4. The molecule has 0 aliphatic heterocycles. The fourth-order valence-electron chi connectivity index (χ4n) is 7.59. The molecular formula is C46H29NO. The van der Waals surface area contributed by atoms with Crippen LogP contribution in [0.5, 0.6) is 0 Å². The van der Waals surface area contributed by atoms with Crippen molar-refractivity contribution in [2.24, 2.45) is 0 Å². The third-order valence-electron chi connectivity index (χ3n) is 9.76. The first kappa shape index (κ1) is 26.8. The molecule has 0 bridgehead atoms. The molecule has 2 heteroatoms. The quantitative estimate of drug-likeness (QED) is 0.194. The molecule has 10 rings (SSSR count). The van der Waals surface area contributed by atoms with E-state index in [1.54, 1.807) is 0 Å². The highest BCUT2D eigenvalue weighted by molar-refractivity contribution is 6.35. The van der Waals surface area contributed by atoms with Crippen LogP contribution in [0.4, 0.5) is 0 Å². The standard InChI is InChI=1S/C46H29NO/c1-3-13-30(14-4-1)33-27-34(31-15-5-2-6-16-31)29-35(28-33)32-23-25-36(26-24-32)47-41-21-11-9-19-39(41)43-37-17-7-8-18-38(37)44-40-20-10-12-22-42(40)48-46(44)45(43)47/h1-29H. The predicted octanol–water partition coefficient (Wildman–Crippen LogP) is 12.8. The summed E-state index contributed by atoms with van der Waals surface area (Å²) in [5.41, 5.74) is 12.4. The highest BCUT2D eigenvalue weighted by atomic mass is 16.3. The summed E-state index contributed by atoms with van der Waals surface area (Å²) in [6.07, 6.45) is 0. The second kappa shape index (κ2) is 10.6. The number of fused-ring (bicyclic) bond motifs is 10. The van der Waals surface area contributed by atoms with Crippen LogP contribution in [-0.4, -0.2) is 4.57 Å². The van der Waals surface area contributed by atoms with Gasteiger partial charge in [-0.15, -0.1) is 0 Å². The molecule has 0 saturated heterocycles. The van der Waals surface area contributed by atoms with Crippen LogP contribution in [0.3, 0.4) is 0 Å². The van der Waals surface area contributed by atoms with Gasteiger partial charge in [0.2, 0.25) is 0 Å². The van der Waals surface area contributed by atoms with E-state index in [1.165, 1.54) is 60.3 Å². The summed E-state index contributed by atoms with van der Waals surface area (Å²) in [6, 6.07) is 63.1. The maximum absolute atomic E-state index is 6.75. The van der Waals surface area contributed by atoms with Gasteiger partial charge in [0.1, 0.15) is 5.58 Å². The summed E-state index contributed by atoms with van der Waals surface area (Å²) in [6.45, 7) is 0.